The standard InChI is InChI=1S/C19H39/c1-4-6-7-8-9-10-11-12-13-14-15-16-17-18-19(3)5-2/h19H,1,4-18H2,2-3H3. The fourth-order valence-electron chi connectivity index (χ4n) is 2.64. The van der Waals surface area contributed by atoms with Gasteiger partial charge >= 0.3 is 0 Å². The van der Waals surface area contributed by atoms with Crippen LogP contribution in [0.3, 0.4) is 0 Å². The molecule has 0 saturated carbocycles. The SMILES string of the molecule is [CH2]CCCCCCCCCCCCCCC(C)CC. The molecule has 0 aromatic rings. The predicted octanol–water partition coefficient (Wildman–Crippen LogP) is 7.33. The molecule has 0 aliphatic carbocycles. The molecule has 19 heavy (non-hydrogen) atoms. The van der Waals surface area contributed by atoms with Crippen molar-refractivity contribution >= 4 is 0 Å². The van der Waals surface area contributed by atoms with Crippen LogP contribution in [0.15, 0.2) is 0 Å². The zero-order valence-electron chi connectivity index (χ0n) is 13.9. The first kappa shape index (κ1) is 19.0. The van der Waals surface area contributed by atoms with Crippen molar-refractivity contribution in [3.63, 3.8) is 0 Å². The second-order valence-electron chi connectivity index (χ2n) is 6.40. The lowest BCUT2D eigenvalue weighted by Gasteiger charge is -2.07. The van der Waals surface area contributed by atoms with Crippen molar-refractivity contribution in [3.8, 4) is 0 Å². The molecule has 0 heterocycles. The van der Waals surface area contributed by atoms with Gasteiger partial charge in [0.1, 0.15) is 0 Å². The highest BCUT2D eigenvalue weighted by molar-refractivity contribution is 4.52. The van der Waals surface area contributed by atoms with Crippen LogP contribution in [0.5, 0.6) is 0 Å². The topological polar surface area (TPSA) is 0 Å². The highest BCUT2D eigenvalue weighted by Gasteiger charge is 1.98. The molecule has 0 fully saturated rings. The number of hydrogen-bond acceptors (Lipinski definition) is 0. The van der Waals surface area contributed by atoms with Crippen LogP contribution in [0.4, 0.5) is 0 Å². The van der Waals surface area contributed by atoms with Gasteiger partial charge in [0.05, 0.1) is 0 Å². The van der Waals surface area contributed by atoms with Crippen LogP contribution in [-0.2, 0) is 0 Å². The van der Waals surface area contributed by atoms with E-state index in [1.807, 2.05) is 0 Å². The van der Waals surface area contributed by atoms with Gasteiger partial charge in [0, 0.05) is 0 Å². The predicted molar refractivity (Wildman–Crippen MR) is 89.5 cm³/mol. The molecule has 1 radical (unpaired) electrons. The molecular weight excluding hydrogens is 228 g/mol. The normalized spacial score (nSPS) is 12.8. The molecule has 0 aromatic heterocycles. The van der Waals surface area contributed by atoms with E-state index in [9.17, 15) is 0 Å². The third-order valence-corrected chi connectivity index (χ3v) is 4.39. The Morgan fingerprint density at radius 2 is 1.00 bits per heavy atom. The van der Waals surface area contributed by atoms with E-state index in [0.717, 1.165) is 12.3 Å². The molecule has 1 atom stereocenters. The smallest absolute Gasteiger partial charge is 0.0445 e. The minimum Gasteiger partial charge on any atom is -0.0651 e. The van der Waals surface area contributed by atoms with E-state index in [0.29, 0.717) is 0 Å². The van der Waals surface area contributed by atoms with E-state index >= 15 is 0 Å². The minimum absolute atomic E-state index is 0.948. The van der Waals surface area contributed by atoms with Gasteiger partial charge < -0.3 is 0 Å². The van der Waals surface area contributed by atoms with Gasteiger partial charge in [-0.3, -0.25) is 0 Å². The van der Waals surface area contributed by atoms with E-state index in [-0.39, 0.29) is 0 Å². The largest absolute Gasteiger partial charge is 0.0651 e. The van der Waals surface area contributed by atoms with Gasteiger partial charge in [-0.25, -0.2) is 0 Å². The molecule has 0 aliphatic rings. The Kier molecular flexibility index (Phi) is 16.1. The van der Waals surface area contributed by atoms with Gasteiger partial charge in [-0.05, 0) is 5.92 Å². The van der Waals surface area contributed by atoms with E-state index in [1.165, 1.54) is 89.9 Å². The highest BCUT2D eigenvalue weighted by atomic mass is 14.0. The Labute approximate surface area is 123 Å². The molecule has 115 valence electrons. The summed E-state index contributed by atoms with van der Waals surface area (Å²) in [6, 6.07) is 0. The molecule has 0 rings (SSSR count). The quantitative estimate of drug-likeness (QED) is 0.272. The van der Waals surface area contributed by atoms with Crippen LogP contribution >= 0.6 is 0 Å². The lowest BCUT2D eigenvalue weighted by atomic mass is 9.99. The summed E-state index contributed by atoms with van der Waals surface area (Å²) in [5.74, 6) is 0.948. The molecule has 0 bridgehead atoms. The number of hydrogen-bond donors (Lipinski definition) is 0. The monoisotopic (exact) mass is 267 g/mol. The average molecular weight is 268 g/mol. The third-order valence-electron chi connectivity index (χ3n) is 4.39. The molecule has 0 aromatic carbocycles. The lowest BCUT2D eigenvalue weighted by Crippen LogP contribution is -1.91. The minimum atomic E-state index is 0.948. The molecule has 0 heteroatoms. The maximum atomic E-state index is 3.89. The Balaban J connectivity index is 2.95. The average Bonchev–Trinajstić information content (AvgIpc) is 2.43. The molecule has 0 spiro atoms. The van der Waals surface area contributed by atoms with Gasteiger partial charge in [-0.1, -0.05) is 117 Å². The summed E-state index contributed by atoms with van der Waals surface area (Å²) in [5, 5.41) is 0. The second-order valence-corrected chi connectivity index (χ2v) is 6.40. The Hall–Kier alpha value is 0. The molecule has 0 aliphatic heterocycles. The molecular formula is C19H39. The lowest BCUT2D eigenvalue weighted by molar-refractivity contribution is 0.468. The van der Waals surface area contributed by atoms with E-state index in [1.54, 1.807) is 0 Å². The Morgan fingerprint density at radius 3 is 1.37 bits per heavy atom. The van der Waals surface area contributed by atoms with Crippen molar-refractivity contribution in [3.05, 3.63) is 6.92 Å². The summed E-state index contributed by atoms with van der Waals surface area (Å²) < 4.78 is 0. The number of rotatable bonds is 15. The summed E-state index contributed by atoms with van der Waals surface area (Å²) >= 11 is 0. The fraction of sp³-hybridized carbons (Fsp3) is 0.947. The summed E-state index contributed by atoms with van der Waals surface area (Å²) in [7, 11) is 0. The number of unbranched alkanes of at least 4 members (excludes halogenated alkanes) is 12. The van der Waals surface area contributed by atoms with Crippen LogP contribution in [0, 0.1) is 12.8 Å². The third kappa shape index (κ3) is 15.9. The Morgan fingerprint density at radius 1 is 0.632 bits per heavy atom. The molecule has 0 amide bonds. The van der Waals surface area contributed by atoms with Crippen LogP contribution in [0.25, 0.3) is 0 Å². The van der Waals surface area contributed by atoms with E-state index in [4.69, 9.17) is 0 Å². The van der Waals surface area contributed by atoms with E-state index < -0.39 is 0 Å². The summed E-state index contributed by atoms with van der Waals surface area (Å²) in [5.41, 5.74) is 0. The van der Waals surface area contributed by atoms with E-state index in [2.05, 4.69) is 20.8 Å². The van der Waals surface area contributed by atoms with Crippen molar-refractivity contribution in [1.82, 2.24) is 0 Å². The Bertz CT molecular complexity index is 150. The zero-order chi connectivity index (χ0) is 14.2. The summed E-state index contributed by atoms with van der Waals surface area (Å²) in [6.45, 7) is 8.58. The maximum absolute atomic E-state index is 3.89. The highest BCUT2D eigenvalue weighted by Crippen LogP contribution is 2.15. The van der Waals surface area contributed by atoms with Crippen LogP contribution < -0.4 is 0 Å². The molecule has 0 N–H and O–H groups in total. The summed E-state index contributed by atoms with van der Waals surface area (Å²) in [4.78, 5) is 0. The van der Waals surface area contributed by atoms with Crippen molar-refractivity contribution in [2.75, 3.05) is 0 Å². The van der Waals surface area contributed by atoms with Crippen molar-refractivity contribution in [2.24, 2.45) is 5.92 Å². The second kappa shape index (κ2) is 16.1. The first-order valence-corrected chi connectivity index (χ1v) is 9.10. The zero-order valence-corrected chi connectivity index (χ0v) is 13.9. The molecule has 0 nitrogen and oxygen atoms in total. The van der Waals surface area contributed by atoms with Gasteiger partial charge in [-0.2, -0.15) is 0 Å². The van der Waals surface area contributed by atoms with Gasteiger partial charge in [-0.15, -0.1) is 0 Å². The van der Waals surface area contributed by atoms with Gasteiger partial charge in [0.25, 0.3) is 0 Å². The first-order valence-electron chi connectivity index (χ1n) is 9.10. The van der Waals surface area contributed by atoms with Crippen LogP contribution in [0.1, 0.15) is 110 Å². The van der Waals surface area contributed by atoms with Crippen molar-refractivity contribution < 1.29 is 0 Å². The maximum Gasteiger partial charge on any atom is -0.0445 e. The van der Waals surface area contributed by atoms with Crippen LogP contribution in [0.2, 0.25) is 0 Å². The first-order chi connectivity index (χ1) is 9.31. The van der Waals surface area contributed by atoms with Gasteiger partial charge in [0.15, 0.2) is 0 Å². The van der Waals surface area contributed by atoms with Crippen LogP contribution in [-0.4, -0.2) is 0 Å². The molecule has 1 unspecified atom stereocenters. The van der Waals surface area contributed by atoms with Crippen molar-refractivity contribution in [2.45, 2.75) is 110 Å². The van der Waals surface area contributed by atoms with Crippen molar-refractivity contribution in [1.29, 1.82) is 0 Å². The van der Waals surface area contributed by atoms with Gasteiger partial charge in [0.2, 0.25) is 0 Å². The summed E-state index contributed by atoms with van der Waals surface area (Å²) in [6.07, 6.45) is 21.3. The molecule has 0 saturated heterocycles. The fourth-order valence-corrected chi connectivity index (χ4v) is 2.64.